The number of H-pyrrole nitrogens is 1. The fraction of sp³-hybridized carbons (Fsp3) is 0.385. The predicted octanol–water partition coefficient (Wildman–Crippen LogP) is 1.70. The molecule has 0 amide bonds. The number of anilines is 1. The van der Waals surface area contributed by atoms with Gasteiger partial charge >= 0.3 is 0 Å². The van der Waals surface area contributed by atoms with Crippen LogP contribution in [0.15, 0.2) is 18.6 Å². The molecule has 1 aliphatic rings. The summed E-state index contributed by atoms with van der Waals surface area (Å²) in [6, 6.07) is 2.19. The number of hydrogen-bond donors (Lipinski definition) is 1. The first-order valence-corrected chi connectivity index (χ1v) is 7.60. The molecule has 108 valence electrons. The van der Waals surface area contributed by atoms with Crippen LogP contribution in [0.25, 0.3) is 21.0 Å². The molecule has 0 aromatic carbocycles. The first-order valence-electron chi connectivity index (χ1n) is 6.78. The van der Waals surface area contributed by atoms with Crippen molar-refractivity contribution in [3.63, 3.8) is 0 Å². The molecule has 0 bridgehead atoms. The Morgan fingerprint density at radius 3 is 3.19 bits per heavy atom. The molecule has 0 spiro atoms. The molecule has 4 heterocycles. The molecule has 0 unspecified atom stereocenters. The predicted molar refractivity (Wildman–Crippen MR) is 80.4 cm³/mol. The molecule has 1 N–H and O–H groups in total. The van der Waals surface area contributed by atoms with Gasteiger partial charge < -0.3 is 9.64 Å². The molecule has 0 saturated carbocycles. The lowest BCUT2D eigenvalue weighted by Crippen LogP contribution is -2.44. The monoisotopic (exact) mass is 302 g/mol. The largest absolute Gasteiger partial charge is 0.377 e. The Morgan fingerprint density at radius 1 is 1.43 bits per heavy atom. The van der Waals surface area contributed by atoms with Crippen molar-refractivity contribution in [2.75, 3.05) is 24.7 Å². The lowest BCUT2D eigenvalue weighted by Gasteiger charge is -2.34. The van der Waals surface area contributed by atoms with Crippen molar-refractivity contribution in [2.45, 2.75) is 13.0 Å². The Labute approximate surface area is 125 Å². The minimum Gasteiger partial charge on any atom is -0.377 e. The highest BCUT2D eigenvalue weighted by Crippen LogP contribution is 2.32. The van der Waals surface area contributed by atoms with Crippen LogP contribution < -0.4 is 4.90 Å². The van der Waals surface area contributed by atoms with Gasteiger partial charge in [-0.25, -0.2) is 15.0 Å². The van der Waals surface area contributed by atoms with Crippen molar-refractivity contribution >= 4 is 27.5 Å². The van der Waals surface area contributed by atoms with Gasteiger partial charge in [0.1, 0.15) is 21.7 Å². The molecular weight excluding hydrogens is 288 g/mol. The third kappa shape index (κ3) is 2.16. The summed E-state index contributed by atoms with van der Waals surface area (Å²) in [5, 5.41) is 7.79. The van der Waals surface area contributed by atoms with Gasteiger partial charge in [0.05, 0.1) is 24.9 Å². The SMILES string of the molecule is C[C@@H]1COCCN1c1ncnc2sc(-c3ccn[nH]3)nc12. The van der Waals surface area contributed by atoms with Gasteiger partial charge in [-0.1, -0.05) is 11.3 Å². The molecule has 21 heavy (non-hydrogen) atoms. The minimum absolute atomic E-state index is 0.286. The van der Waals surface area contributed by atoms with E-state index in [4.69, 9.17) is 9.72 Å². The fourth-order valence-electron chi connectivity index (χ4n) is 2.48. The van der Waals surface area contributed by atoms with Crippen molar-refractivity contribution in [3.8, 4) is 10.7 Å². The molecule has 1 fully saturated rings. The van der Waals surface area contributed by atoms with Crippen LogP contribution in [0.5, 0.6) is 0 Å². The van der Waals surface area contributed by atoms with E-state index in [0.29, 0.717) is 13.2 Å². The third-order valence-corrected chi connectivity index (χ3v) is 4.54. The maximum atomic E-state index is 5.49. The minimum atomic E-state index is 0.286. The molecule has 3 aromatic rings. The summed E-state index contributed by atoms with van der Waals surface area (Å²) in [4.78, 5) is 16.6. The first kappa shape index (κ1) is 12.7. The molecule has 0 aliphatic carbocycles. The first-order chi connectivity index (χ1) is 10.3. The second kappa shape index (κ2) is 5.05. The van der Waals surface area contributed by atoms with Crippen molar-refractivity contribution in [1.82, 2.24) is 25.1 Å². The van der Waals surface area contributed by atoms with Crippen molar-refractivity contribution in [1.29, 1.82) is 0 Å². The summed E-state index contributed by atoms with van der Waals surface area (Å²) in [7, 11) is 0. The standard InChI is InChI=1S/C13H14N6OS/c1-8-6-20-5-4-19(8)11-10-13(15-7-14-11)21-12(17-10)9-2-3-16-18-9/h2-3,7-8H,4-6H2,1H3,(H,16,18)/t8-/m1/s1. The number of aromatic nitrogens is 5. The second-order valence-corrected chi connectivity index (χ2v) is 5.94. The molecule has 3 aromatic heterocycles. The summed E-state index contributed by atoms with van der Waals surface area (Å²) in [6.07, 6.45) is 3.33. The van der Waals surface area contributed by atoms with E-state index in [9.17, 15) is 0 Å². The van der Waals surface area contributed by atoms with Crippen molar-refractivity contribution < 1.29 is 4.74 Å². The number of morpholine rings is 1. The van der Waals surface area contributed by atoms with Crippen LogP contribution in [0.3, 0.4) is 0 Å². The summed E-state index contributed by atoms with van der Waals surface area (Å²) >= 11 is 1.54. The summed E-state index contributed by atoms with van der Waals surface area (Å²) in [5.41, 5.74) is 1.75. The number of nitrogens with one attached hydrogen (secondary N) is 1. The van der Waals surface area contributed by atoms with Gasteiger partial charge in [0.2, 0.25) is 0 Å². The van der Waals surface area contributed by atoms with Crippen LogP contribution >= 0.6 is 11.3 Å². The van der Waals surface area contributed by atoms with Gasteiger partial charge in [-0.2, -0.15) is 5.10 Å². The van der Waals surface area contributed by atoms with E-state index >= 15 is 0 Å². The molecule has 1 atom stereocenters. The zero-order valence-electron chi connectivity index (χ0n) is 11.5. The number of aromatic amines is 1. The van der Waals surface area contributed by atoms with Crippen LogP contribution in [0.1, 0.15) is 6.92 Å². The highest BCUT2D eigenvalue weighted by molar-refractivity contribution is 7.21. The van der Waals surface area contributed by atoms with Crippen LogP contribution in [0.2, 0.25) is 0 Å². The zero-order chi connectivity index (χ0) is 14.2. The lowest BCUT2D eigenvalue weighted by atomic mass is 10.2. The summed E-state index contributed by atoms with van der Waals surface area (Å²) in [5.74, 6) is 0.887. The highest BCUT2D eigenvalue weighted by Gasteiger charge is 2.24. The molecule has 4 rings (SSSR count). The molecule has 1 saturated heterocycles. The number of rotatable bonds is 2. The summed E-state index contributed by atoms with van der Waals surface area (Å²) in [6.45, 7) is 4.38. The van der Waals surface area contributed by atoms with Gasteiger partial charge in [0.15, 0.2) is 5.82 Å². The fourth-order valence-corrected chi connectivity index (χ4v) is 3.36. The highest BCUT2D eigenvalue weighted by atomic mass is 32.1. The number of nitrogens with zero attached hydrogens (tertiary/aromatic N) is 5. The molecular formula is C13H14N6OS. The maximum absolute atomic E-state index is 5.49. The van der Waals surface area contributed by atoms with Crippen molar-refractivity contribution in [3.05, 3.63) is 18.6 Å². The Bertz CT molecular complexity index is 755. The average Bonchev–Trinajstić information content (AvgIpc) is 3.16. The van der Waals surface area contributed by atoms with E-state index in [-0.39, 0.29) is 6.04 Å². The Morgan fingerprint density at radius 2 is 2.38 bits per heavy atom. The molecule has 7 nitrogen and oxygen atoms in total. The Kier molecular flexibility index (Phi) is 3.04. The Hall–Kier alpha value is -2.06. The van der Waals surface area contributed by atoms with Crippen molar-refractivity contribution in [2.24, 2.45) is 0 Å². The number of thiazole rings is 1. The van der Waals surface area contributed by atoms with Crippen LogP contribution in [-0.2, 0) is 4.74 Å². The van der Waals surface area contributed by atoms with E-state index in [1.54, 1.807) is 23.9 Å². The van der Waals surface area contributed by atoms with Crippen LogP contribution in [0, 0.1) is 0 Å². The Balaban J connectivity index is 1.82. The smallest absolute Gasteiger partial charge is 0.159 e. The molecule has 0 radical (unpaired) electrons. The molecule has 8 heteroatoms. The van der Waals surface area contributed by atoms with E-state index in [0.717, 1.165) is 33.4 Å². The molecule has 1 aliphatic heterocycles. The topological polar surface area (TPSA) is 79.8 Å². The summed E-state index contributed by atoms with van der Waals surface area (Å²) < 4.78 is 5.49. The quantitative estimate of drug-likeness (QED) is 0.776. The number of hydrogen-bond acceptors (Lipinski definition) is 7. The lowest BCUT2D eigenvalue weighted by molar-refractivity contribution is 0.0986. The van der Waals surface area contributed by atoms with E-state index < -0.39 is 0 Å². The second-order valence-electron chi connectivity index (χ2n) is 4.96. The average molecular weight is 302 g/mol. The van der Waals surface area contributed by atoms with Gasteiger partial charge in [-0.3, -0.25) is 5.10 Å². The normalized spacial score (nSPS) is 19.3. The van der Waals surface area contributed by atoms with E-state index in [1.807, 2.05) is 6.07 Å². The number of fused-ring (bicyclic) bond motifs is 1. The van der Waals surface area contributed by atoms with Gasteiger partial charge in [0.25, 0.3) is 0 Å². The van der Waals surface area contributed by atoms with Gasteiger partial charge in [0, 0.05) is 12.7 Å². The third-order valence-electron chi connectivity index (χ3n) is 3.55. The maximum Gasteiger partial charge on any atom is 0.159 e. The number of ether oxygens (including phenoxy) is 1. The van der Waals surface area contributed by atoms with Gasteiger partial charge in [-0.15, -0.1) is 0 Å². The van der Waals surface area contributed by atoms with Crippen LogP contribution in [0.4, 0.5) is 5.82 Å². The van der Waals surface area contributed by atoms with Crippen LogP contribution in [-0.4, -0.2) is 50.9 Å². The zero-order valence-corrected chi connectivity index (χ0v) is 12.3. The van der Waals surface area contributed by atoms with E-state index in [2.05, 4.69) is 32.0 Å². The van der Waals surface area contributed by atoms with Gasteiger partial charge in [-0.05, 0) is 13.0 Å². The van der Waals surface area contributed by atoms with E-state index in [1.165, 1.54) is 0 Å².